The summed E-state index contributed by atoms with van der Waals surface area (Å²) in [6.45, 7) is 3.85. The molecule has 0 bridgehead atoms. The Kier molecular flexibility index (Phi) is 5.03. The first-order valence-corrected chi connectivity index (χ1v) is 8.09. The van der Waals surface area contributed by atoms with Gasteiger partial charge in [-0.15, -0.1) is 0 Å². The maximum Gasteiger partial charge on any atom is 0.256 e. The van der Waals surface area contributed by atoms with Crippen LogP contribution in [0, 0.1) is 13.8 Å². The number of amides is 2. The maximum atomic E-state index is 12.2. The average Bonchev–Trinajstić information content (AvgIpc) is 2.65. The van der Waals surface area contributed by atoms with Gasteiger partial charge in [0.25, 0.3) is 11.8 Å². The Balaban J connectivity index is 1.65. The van der Waals surface area contributed by atoms with Crippen LogP contribution in [0.3, 0.4) is 0 Å². The van der Waals surface area contributed by atoms with E-state index in [2.05, 4.69) is 20.6 Å². The largest absolute Gasteiger partial charge is 0.307 e. The minimum absolute atomic E-state index is 0.284. The molecular formula is C20H18N4O2. The Morgan fingerprint density at radius 3 is 1.35 bits per heavy atom. The van der Waals surface area contributed by atoms with Crippen LogP contribution in [0.15, 0.2) is 60.9 Å². The van der Waals surface area contributed by atoms with Crippen molar-refractivity contribution in [3.8, 4) is 0 Å². The molecule has 130 valence electrons. The van der Waals surface area contributed by atoms with E-state index < -0.39 is 0 Å². The number of carbonyl (C=O) groups is 2. The number of pyridine rings is 2. The van der Waals surface area contributed by atoms with E-state index in [0.717, 1.165) is 11.1 Å². The van der Waals surface area contributed by atoms with Crippen LogP contribution in [-0.2, 0) is 0 Å². The Morgan fingerprint density at radius 1 is 0.654 bits per heavy atom. The van der Waals surface area contributed by atoms with Crippen molar-refractivity contribution < 1.29 is 9.59 Å². The highest BCUT2D eigenvalue weighted by atomic mass is 16.2. The number of carbonyl (C=O) groups excluding carboxylic acids is 2. The normalized spacial score (nSPS) is 10.2. The summed E-state index contributed by atoms with van der Waals surface area (Å²) in [6, 6.07) is 13.6. The molecule has 2 heterocycles. The smallest absolute Gasteiger partial charge is 0.256 e. The summed E-state index contributed by atoms with van der Waals surface area (Å²) in [5.74, 6) is 0.391. The van der Waals surface area contributed by atoms with E-state index in [-0.39, 0.29) is 11.8 Å². The van der Waals surface area contributed by atoms with Crippen LogP contribution in [0.4, 0.5) is 11.6 Å². The quantitative estimate of drug-likeness (QED) is 0.756. The van der Waals surface area contributed by atoms with Gasteiger partial charge in [-0.1, -0.05) is 12.1 Å². The lowest BCUT2D eigenvalue weighted by Crippen LogP contribution is -2.15. The van der Waals surface area contributed by atoms with Crippen molar-refractivity contribution in [2.75, 3.05) is 10.6 Å². The number of aromatic nitrogens is 2. The van der Waals surface area contributed by atoms with Gasteiger partial charge in [0, 0.05) is 23.5 Å². The molecule has 6 nitrogen and oxygen atoms in total. The molecule has 1 aromatic carbocycles. The van der Waals surface area contributed by atoms with Crippen LogP contribution >= 0.6 is 0 Å². The lowest BCUT2D eigenvalue weighted by atomic mass is 10.1. The molecule has 0 saturated carbocycles. The van der Waals surface area contributed by atoms with Crippen molar-refractivity contribution in [2.45, 2.75) is 13.8 Å². The fraction of sp³-hybridized carbons (Fsp3) is 0.100. The zero-order valence-corrected chi connectivity index (χ0v) is 14.5. The summed E-state index contributed by atoms with van der Waals surface area (Å²) in [6.07, 6.45) is 3.37. The van der Waals surface area contributed by atoms with E-state index in [1.165, 1.54) is 0 Å². The van der Waals surface area contributed by atoms with Gasteiger partial charge in [0.05, 0.1) is 0 Å². The van der Waals surface area contributed by atoms with Gasteiger partial charge in [-0.3, -0.25) is 9.59 Å². The third-order valence-corrected chi connectivity index (χ3v) is 3.72. The molecule has 0 fully saturated rings. The predicted molar refractivity (Wildman–Crippen MR) is 100 cm³/mol. The van der Waals surface area contributed by atoms with E-state index in [1.54, 1.807) is 48.8 Å². The van der Waals surface area contributed by atoms with Crippen molar-refractivity contribution in [3.63, 3.8) is 0 Å². The molecule has 0 aliphatic carbocycles. The van der Waals surface area contributed by atoms with E-state index in [9.17, 15) is 9.59 Å². The first-order chi connectivity index (χ1) is 12.5. The van der Waals surface area contributed by atoms with Crippen LogP contribution in [0.1, 0.15) is 31.8 Å². The molecule has 26 heavy (non-hydrogen) atoms. The number of anilines is 2. The summed E-state index contributed by atoms with van der Waals surface area (Å²) in [7, 11) is 0. The Labute approximate surface area is 151 Å². The fourth-order valence-corrected chi connectivity index (χ4v) is 2.23. The molecular weight excluding hydrogens is 328 g/mol. The van der Waals surface area contributed by atoms with Gasteiger partial charge >= 0.3 is 0 Å². The van der Waals surface area contributed by atoms with E-state index >= 15 is 0 Å². The second-order valence-corrected chi connectivity index (χ2v) is 5.93. The number of rotatable bonds is 4. The average molecular weight is 346 g/mol. The lowest BCUT2D eigenvalue weighted by Gasteiger charge is -2.07. The third-order valence-electron chi connectivity index (χ3n) is 3.72. The first kappa shape index (κ1) is 17.3. The summed E-state index contributed by atoms with van der Waals surface area (Å²) in [5, 5.41) is 5.44. The van der Waals surface area contributed by atoms with E-state index in [0.29, 0.717) is 22.8 Å². The van der Waals surface area contributed by atoms with Crippen LogP contribution in [0.2, 0.25) is 0 Å². The topological polar surface area (TPSA) is 84.0 Å². The molecule has 2 N–H and O–H groups in total. The third kappa shape index (κ3) is 4.30. The predicted octanol–water partition coefficient (Wildman–Crippen LogP) is 3.60. The summed E-state index contributed by atoms with van der Waals surface area (Å²) >= 11 is 0. The van der Waals surface area contributed by atoms with Gasteiger partial charge in [0.1, 0.15) is 11.6 Å². The molecule has 6 heteroatoms. The van der Waals surface area contributed by atoms with Crippen LogP contribution in [0.5, 0.6) is 0 Å². The Morgan fingerprint density at radius 2 is 1.04 bits per heavy atom. The highest BCUT2D eigenvalue weighted by Gasteiger charge is 2.10. The second-order valence-electron chi connectivity index (χ2n) is 5.93. The molecule has 0 unspecified atom stereocenters. The SMILES string of the molecule is Cc1ccc(NC(=O)c2ccc(C(=O)Nc3ccc(C)cn3)cc2)nc1. The monoisotopic (exact) mass is 346 g/mol. The highest BCUT2D eigenvalue weighted by molar-refractivity contribution is 6.06. The number of hydrogen-bond donors (Lipinski definition) is 2. The summed E-state index contributed by atoms with van der Waals surface area (Å²) < 4.78 is 0. The number of aryl methyl sites for hydroxylation is 2. The number of benzene rings is 1. The Bertz CT molecular complexity index is 839. The molecule has 0 radical (unpaired) electrons. The summed E-state index contributed by atoms with van der Waals surface area (Å²) in [5.41, 5.74) is 2.91. The molecule has 0 aliphatic rings. The van der Waals surface area contributed by atoms with Gasteiger partial charge in [-0.25, -0.2) is 9.97 Å². The minimum Gasteiger partial charge on any atom is -0.307 e. The molecule has 3 aromatic rings. The van der Waals surface area contributed by atoms with Crippen molar-refractivity contribution in [1.82, 2.24) is 9.97 Å². The van der Waals surface area contributed by atoms with Crippen molar-refractivity contribution in [3.05, 3.63) is 83.2 Å². The van der Waals surface area contributed by atoms with Crippen molar-refractivity contribution in [1.29, 1.82) is 0 Å². The van der Waals surface area contributed by atoms with Gasteiger partial charge in [-0.2, -0.15) is 0 Å². The van der Waals surface area contributed by atoms with Gasteiger partial charge in [-0.05, 0) is 61.4 Å². The van der Waals surface area contributed by atoms with E-state index in [1.807, 2.05) is 26.0 Å². The highest BCUT2D eigenvalue weighted by Crippen LogP contribution is 2.11. The molecule has 2 amide bonds. The van der Waals surface area contributed by atoms with E-state index in [4.69, 9.17) is 0 Å². The Hall–Kier alpha value is -3.54. The number of nitrogens with one attached hydrogen (secondary N) is 2. The maximum absolute atomic E-state index is 12.2. The van der Waals surface area contributed by atoms with Crippen LogP contribution in [-0.4, -0.2) is 21.8 Å². The summed E-state index contributed by atoms with van der Waals surface area (Å²) in [4.78, 5) is 32.8. The van der Waals surface area contributed by atoms with Crippen molar-refractivity contribution >= 4 is 23.5 Å². The molecule has 0 saturated heterocycles. The molecule has 0 aliphatic heterocycles. The van der Waals surface area contributed by atoms with Crippen molar-refractivity contribution in [2.24, 2.45) is 0 Å². The molecule has 2 aromatic heterocycles. The zero-order valence-electron chi connectivity index (χ0n) is 14.5. The van der Waals surface area contributed by atoms with Gasteiger partial charge in [0.15, 0.2) is 0 Å². The standard InChI is InChI=1S/C20H18N4O2/c1-13-3-9-17(21-11-13)23-19(25)15-5-7-16(8-6-15)20(26)24-18-10-4-14(2)12-22-18/h3-12H,1-2H3,(H,21,23,25)(H,22,24,26). The molecule has 0 spiro atoms. The number of nitrogens with zero attached hydrogens (tertiary/aromatic N) is 2. The first-order valence-electron chi connectivity index (χ1n) is 8.09. The fourth-order valence-electron chi connectivity index (χ4n) is 2.23. The lowest BCUT2D eigenvalue weighted by molar-refractivity contribution is 0.101. The molecule has 3 rings (SSSR count). The second kappa shape index (κ2) is 7.57. The van der Waals surface area contributed by atoms with Crippen LogP contribution < -0.4 is 10.6 Å². The minimum atomic E-state index is -0.284. The van der Waals surface area contributed by atoms with Gasteiger partial charge in [0.2, 0.25) is 0 Å². The number of hydrogen-bond acceptors (Lipinski definition) is 4. The van der Waals surface area contributed by atoms with Gasteiger partial charge < -0.3 is 10.6 Å². The molecule has 0 atom stereocenters. The zero-order chi connectivity index (χ0) is 18.5. The van der Waals surface area contributed by atoms with Crippen LogP contribution in [0.25, 0.3) is 0 Å².